The molecule has 1 aliphatic rings. The topological polar surface area (TPSA) is 24.1 Å². The summed E-state index contributed by atoms with van der Waals surface area (Å²) in [4.78, 5) is 1.49. The van der Waals surface area contributed by atoms with E-state index in [0.29, 0.717) is 0 Å². The summed E-state index contributed by atoms with van der Waals surface area (Å²) in [5, 5.41) is 9.13. The number of rotatable bonds is 5. The lowest BCUT2D eigenvalue weighted by atomic mass is 9.98. The molecular weight excluding hydrogens is 204 g/mol. The van der Waals surface area contributed by atoms with E-state index in [1.54, 1.807) is 0 Å². The zero-order chi connectivity index (χ0) is 10.3. The summed E-state index contributed by atoms with van der Waals surface area (Å²) in [7, 11) is 0. The predicted molar refractivity (Wildman–Crippen MR) is 66.5 cm³/mol. The molecule has 0 radical (unpaired) electrons. The molecule has 0 aromatic carbocycles. The number of hydrogen-bond acceptors (Lipinski definition) is 3. The van der Waals surface area contributed by atoms with Crippen LogP contribution in [-0.4, -0.2) is 26.2 Å². The second-order valence-electron chi connectivity index (χ2n) is 4.23. The summed E-state index contributed by atoms with van der Waals surface area (Å²) in [6.07, 6.45) is 3.86. The van der Waals surface area contributed by atoms with E-state index in [9.17, 15) is 0 Å². The van der Waals surface area contributed by atoms with E-state index in [-0.39, 0.29) is 0 Å². The van der Waals surface area contributed by atoms with Gasteiger partial charge in [-0.3, -0.25) is 0 Å². The van der Waals surface area contributed by atoms with Crippen molar-refractivity contribution in [3.8, 4) is 0 Å². The average molecular weight is 224 g/mol. The Kier molecular flexibility index (Phi) is 4.64. The van der Waals surface area contributed by atoms with E-state index in [1.807, 2.05) is 11.3 Å². The number of piperidine rings is 1. The number of hydrogen-bond donors (Lipinski definition) is 2. The summed E-state index contributed by atoms with van der Waals surface area (Å²) >= 11 is 1.86. The largest absolute Gasteiger partial charge is 0.317 e. The van der Waals surface area contributed by atoms with Gasteiger partial charge in [-0.05, 0) is 62.8 Å². The van der Waals surface area contributed by atoms with Gasteiger partial charge in [0.15, 0.2) is 0 Å². The Labute approximate surface area is 96.1 Å². The molecule has 0 atom stereocenters. The van der Waals surface area contributed by atoms with E-state index in [4.69, 9.17) is 0 Å². The van der Waals surface area contributed by atoms with Crippen LogP contribution in [-0.2, 0) is 6.42 Å². The van der Waals surface area contributed by atoms with Crippen LogP contribution >= 0.6 is 11.3 Å². The lowest BCUT2D eigenvalue weighted by Gasteiger charge is -2.22. The van der Waals surface area contributed by atoms with Crippen molar-refractivity contribution >= 4 is 11.3 Å². The fraction of sp³-hybridized carbons (Fsp3) is 0.667. The van der Waals surface area contributed by atoms with Crippen molar-refractivity contribution in [2.24, 2.45) is 5.92 Å². The average Bonchev–Trinajstić information content (AvgIpc) is 2.79. The standard InChI is InChI=1S/C12H20N2S/c1-2-12(15-9-1)5-8-14-10-11-3-6-13-7-4-11/h1-2,9,11,13-14H,3-8,10H2. The molecule has 1 aromatic heterocycles. The molecule has 1 fully saturated rings. The third kappa shape index (κ3) is 3.93. The molecule has 0 unspecified atom stereocenters. The Morgan fingerprint density at radius 3 is 3.00 bits per heavy atom. The van der Waals surface area contributed by atoms with Gasteiger partial charge in [-0.1, -0.05) is 6.07 Å². The third-order valence-electron chi connectivity index (χ3n) is 3.02. The first-order valence-electron chi connectivity index (χ1n) is 5.89. The van der Waals surface area contributed by atoms with Crippen molar-refractivity contribution in [2.75, 3.05) is 26.2 Å². The first kappa shape index (κ1) is 11.1. The zero-order valence-corrected chi connectivity index (χ0v) is 9.98. The van der Waals surface area contributed by atoms with Crippen molar-refractivity contribution in [1.82, 2.24) is 10.6 Å². The molecule has 0 aliphatic carbocycles. The van der Waals surface area contributed by atoms with Crippen LogP contribution in [0.4, 0.5) is 0 Å². The lowest BCUT2D eigenvalue weighted by Crippen LogP contribution is -2.34. The highest BCUT2D eigenvalue weighted by atomic mass is 32.1. The van der Waals surface area contributed by atoms with Crippen LogP contribution < -0.4 is 10.6 Å². The molecule has 84 valence electrons. The second kappa shape index (κ2) is 6.26. The van der Waals surface area contributed by atoms with E-state index in [1.165, 1.54) is 43.8 Å². The van der Waals surface area contributed by atoms with Gasteiger partial charge < -0.3 is 10.6 Å². The monoisotopic (exact) mass is 224 g/mol. The lowest BCUT2D eigenvalue weighted by molar-refractivity contribution is 0.358. The molecule has 0 bridgehead atoms. The first-order chi connectivity index (χ1) is 7.45. The van der Waals surface area contributed by atoms with Crippen LogP contribution in [0, 0.1) is 5.92 Å². The maximum Gasteiger partial charge on any atom is 0.00578 e. The molecule has 0 amide bonds. The SMILES string of the molecule is c1csc(CCNCC2CCNCC2)c1. The molecular formula is C12H20N2S. The van der Waals surface area contributed by atoms with E-state index in [0.717, 1.165) is 12.5 Å². The molecule has 1 aliphatic heterocycles. The maximum atomic E-state index is 3.57. The van der Waals surface area contributed by atoms with Gasteiger partial charge in [-0.25, -0.2) is 0 Å². The van der Waals surface area contributed by atoms with Crippen molar-refractivity contribution in [3.63, 3.8) is 0 Å². The number of nitrogens with one attached hydrogen (secondary N) is 2. The van der Waals surface area contributed by atoms with Gasteiger partial charge >= 0.3 is 0 Å². The highest BCUT2D eigenvalue weighted by molar-refractivity contribution is 7.09. The zero-order valence-electron chi connectivity index (χ0n) is 9.17. The van der Waals surface area contributed by atoms with Crippen molar-refractivity contribution in [3.05, 3.63) is 22.4 Å². The highest BCUT2D eigenvalue weighted by Crippen LogP contribution is 2.10. The minimum atomic E-state index is 0.898. The van der Waals surface area contributed by atoms with Gasteiger partial charge in [0, 0.05) is 4.88 Å². The molecule has 0 saturated carbocycles. The van der Waals surface area contributed by atoms with Crippen LogP contribution in [0.15, 0.2) is 17.5 Å². The summed E-state index contributed by atoms with van der Waals surface area (Å²) in [5.74, 6) is 0.898. The van der Waals surface area contributed by atoms with Crippen molar-refractivity contribution in [1.29, 1.82) is 0 Å². The molecule has 15 heavy (non-hydrogen) atoms. The summed E-state index contributed by atoms with van der Waals surface area (Å²) in [6.45, 7) is 4.74. The predicted octanol–water partition coefficient (Wildman–Crippen LogP) is 1.88. The fourth-order valence-electron chi connectivity index (χ4n) is 2.06. The van der Waals surface area contributed by atoms with Crippen LogP contribution in [0.25, 0.3) is 0 Å². The normalized spacial score (nSPS) is 18.1. The molecule has 1 saturated heterocycles. The maximum absolute atomic E-state index is 3.57. The van der Waals surface area contributed by atoms with Gasteiger partial charge in [0.2, 0.25) is 0 Å². The molecule has 1 aromatic rings. The van der Waals surface area contributed by atoms with Gasteiger partial charge in [0.1, 0.15) is 0 Å². The summed E-state index contributed by atoms with van der Waals surface area (Å²) in [5.41, 5.74) is 0. The highest BCUT2D eigenvalue weighted by Gasteiger charge is 2.11. The molecule has 2 N–H and O–H groups in total. The molecule has 0 spiro atoms. The molecule has 2 heterocycles. The Morgan fingerprint density at radius 1 is 1.40 bits per heavy atom. The van der Waals surface area contributed by atoms with Crippen LogP contribution in [0.3, 0.4) is 0 Å². The van der Waals surface area contributed by atoms with Gasteiger partial charge in [-0.15, -0.1) is 11.3 Å². The van der Waals surface area contributed by atoms with E-state index >= 15 is 0 Å². The van der Waals surface area contributed by atoms with Crippen LogP contribution in [0.2, 0.25) is 0 Å². The Morgan fingerprint density at radius 2 is 2.27 bits per heavy atom. The summed E-state index contributed by atoms with van der Waals surface area (Å²) < 4.78 is 0. The first-order valence-corrected chi connectivity index (χ1v) is 6.77. The van der Waals surface area contributed by atoms with Crippen molar-refractivity contribution in [2.45, 2.75) is 19.3 Å². The third-order valence-corrected chi connectivity index (χ3v) is 3.96. The van der Waals surface area contributed by atoms with Crippen LogP contribution in [0.5, 0.6) is 0 Å². The summed E-state index contributed by atoms with van der Waals surface area (Å²) in [6, 6.07) is 4.35. The van der Waals surface area contributed by atoms with Crippen LogP contribution in [0.1, 0.15) is 17.7 Å². The van der Waals surface area contributed by atoms with E-state index in [2.05, 4.69) is 28.1 Å². The minimum Gasteiger partial charge on any atom is -0.317 e. The quantitative estimate of drug-likeness (QED) is 0.746. The van der Waals surface area contributed by atoms with Crippen molar-refractivity contribution < 1.29 is 0 Å². The fourth-order valence-corrected chi connectivity index (χ4v) is 2.77. The molecule has 2 rings (SSSR count). The second-order valence-corrected chi connectivity index (χ2v) is 5.26. The van der Waals surface area contributed by atoms with Gasteiger partial charge in [-0.2, -0.15) is 0 Å². The Balaban J connectivity index is 1.54. The number of thiophene rings is 1. The molecule has 3 heteroatoms. The van der Waals surface area contributed by atoms with Gasteiger partial charge in [0.25, 0.3) is 0 Å². The Hall–Kier alpha value is -0.380. The molecule has 2 nitrogen and oxygen atoms in total. The van der Waals surface area contributed by atoms with Gasteiger partial charge in [0.05, 0.1) is 0 Å². The minimum absolute atomic E-state index is 0.898. The smallest absolute Gasteiger partial charge is 0.00578 e. The Bertz CT molecular complexity index is 253. The van der Waals surface area contributed by atoms with E-state index < -0.39 is 0 Å².